The number of aromatic nitrogens is 2. The van der Waals surface area contributed by atoms with Crippen molar-refractivity contribution in [2.75, 3.05) is 18.4 Å². The lowest BCUT2D eigenvalue weighted by molar-refractivity contribution is 0.0793. The molecule has 1 N–H and O–H groups in total. The average molecular weight is 392 g/mol. The number of hydrogen-bond donors (Lipinski definition) is 1. The molecule has 0 atom stereocenters. The van der Waals surface area contributed by atoms with E-state index in [1.165, 1.54) is 16.8 Å². The number of halogens is 1. The summed E-state index contributed by atoms with van der Waals surface area (Å²) in [7, 11) is 0. The molecular weight excluding hydrogens is 371 g/mol. The standard InChI is InChI=1S/C22H21FN4O2/c1-15-6-4-9-18(22(29)26-11-2-3-12-26)20(15)24-21(28)19-10-13-27(25-19)17-8-5-7-16(23)14-17/h4-10,13-14H,2-3,11-12H2,1H3,(H,24,28). The molecule has 29 heavy (non-hydrogen) atoms. The molecule has 0 saturated carbocycles. The Morgan fingerprint density at radius 2 is 1.83 bits per heavy atom. The van der Waals surface area contributed by atoms with E-state index in [1.54, 1.807) is 30.5 Å². The smallest absolute Gasteiger partial charge is 0.276 e. The molecule has 1 aromatic heterocycles. The van der Waals surface area contributed by atoms with Crippen LogP contribution in [0.25, 0.3) is 5.69 Å². The molecular formula is C22H21FN4O2. The third kappa shape index (κ3) is 3.89. The van der Waals surface area contributed by atoms with E-state index in [-0.39, 0.29) is 17.4 Å². The van der Waals surface area contributed by atoms with Crippen LogP contribution in [0, 0.1) is 12.7 Å². The van der Waals surface area contributed by atoms with E-state index in [0.717, 1.165) is 31.5 Å². The van der Waals surface area contributed by atoms with E-state index in [0.29, 0.717) is 16.9 Å². The molecule has 3 aromatic rings. The number of carbonyl (C=O) groups excluding carboxylic acids is 2. The second-order valence-corrected chi connectivity index (χ2v) is 7.08. The van der Waals surface area contributed by atoms with Gasteiger partial charge in [0.2, 0.25) is 0 Å². The molecule has 7 heteroatoms. The Hall–Kier alpha value is -3.48. The zero-order valence-corrected chi connectivity index (χ0v) is 16.1. The topological polar surface area (TPSA) is 67.2 Å². The Bertz CT molecular complexity index is 1070. The lowest BCUT2D eigenvalue weighted by Crippen LogP contribution is -2.29. The first kappa shape index (κ1) is 18.9. The Balaban J connectivity index is 1.58. The number of para-hydroxylation sites is 1. The lowest BCUT2D eigenvalue weighted by Gasteiger charge is -2.19. The monoisotopic (exact) mass is 392 g/mol. The third-order valence-electron chi connectivity index (χ3n) is 5.03. The number of amides is 2. The summed E-state index contributed by atoms with van der Waals surface area (Å²) >= 11 is 0. The van der Waals surface area contributed by atoms with E-state index >= 15 is 0 Å². The van der Waals surface area contributed by atoms with Crippen LogP contribution in [0.3, 0.4) is 0 Å². The van der Waals surface area contributed by atoms with Gasteiger partial charge in [-0.3, -0.25) is 9.59 Å². The van der Waals surface area contributed by atoms with Crippen molar-refractivity contribution in [2.45, 2.75) is 19.8 Å². The first-order valence-corrected chi connectivity index (χ1v) is 9.55. The van der Waals surface area contributed by atoms with Gasteiger partial charge in [0.1, 0.15) is 5.82 Å². The van der Waals surface area contributed by atoms with Crippen molar-refractivity contribution in [1.82, 2.24) is 14.7 Å². The zero-order valence-electron chi connectivity index (χ0n) is 16.1. The molecule has 6 nitrogen and oxygen atoms in total. The summed E-state index contributed by atoms with van der Waals surface area (Å²) in [5, 5.41) is 7.08. The van der Waals surface area contributed by atoms with E-state index in [2.05, 4.69) is 10.4 Å². The molecule has 0 aliphatic carbocycles. The second kappa shape index (κ2) is 7.87. The quantitative estimate of drug-likeness (QED) is 0.734. The molecule has 1 aliphatic heterocycles. The molecule has 1 aliphatic rings. The number of likely N-dealkylation sites (tertiary alicyclic amines) is 1. The second-order valence-electron chi connectivity index (χ2n) is 7.08. The first-order chi connectivity index (χ1) is 14.0. The van der Waals surface area contributed by atoms with Gasteiger partial charge in [0.15, 0.2) is 5.69 Å². The van der Waals surface area contributed by atoms with Gasteiger partial charge in [-0.05, 0) is 55.7 Å². The SMILES string of the molecule is Cc1cccc(C(=O)N2CCCC2)c1NC(=O)c1ccn(-c2cccc(F)c2)n1. The maximum atomic E-state index is 13.4. The zero-order chi connectivity index (χ0) is 20.4. The minimum atomic E-state index is -0.426. The molecule has 1 fully saturated rings. The number of hydrogen-bond acceptors (Lipinski definition) is 3. The summed E-state index contributed by atoms with van der Waals surface area (Å²) in [6, 6.07) is 12.9. The van der Waals surface area contributed by atoms with Crippen LogP contribution in [-0.4, -0.2) is 39.6 Å². The van der Waals surface area contributed by atoms with Crippen molar-refractivity contribution in [2.24, 2.45) is 0 Å². The van der Waals surface area contributed by atoms with Crippen molar-refractivity contribution in [3.05, 3.63) is 77.4 Å². The molecule has 0 unspecified atom stereocenters. The van der Waals surface area contributed by atoms with Gasteiger partial charge in [-0.25, -0.2) is 9.07 Å². The molecule has 2 heterocycles. The Morgan fingerprint density at radius 3 is 2.59 bits per heavy atom. The maximum absolute atomic E-state index is 13.4. The number of rotatable bonds is 4. The third-order valence-corrected chi connectivity index (χ3v) is 5.03. The summed E-state index contributed by atoms with van der Waals surface area (Å²) in [6.07, 6.45) is 3.59. The number of nitrogens with zero attached hydrogens (tertiary/aromatic N) is 3. The van der Waals surface area contributed by atoms with Crippen LogP contribution in [0.4, 0.5) is 10.1 Å². The first-order valence-electron chi connectivity index (χ1n) is 9.55. The van der Waals surface area contributed by atoms with Crippen LogP contribution in [0.2, 0.25) is 0 Å². The normalized spacial score (nSPS) is 13.5. The van der Waals surface area contributed by atoms with Gasteiger partial charge in [-0.1, -0.05) is 18.2 Å². The summed E-state index contributed by atoms with van der Waals surface area (Å²) in [4.78, 5) is 27.5. The highest BCUT2D eigenvalue weighted by molar-refractivity contribution is 6.08. The van der Waals surface area contributed by atoms with E-state index in [9.17, 15) is 14.0 Å². The Labute approximate surface area is 167 Å². The van der Waals surface area contributed by atoms with Gasteiger partial charge in [-0.2, -0.15) is 5.10 Å². The summed E-state index contributed by atoms with van der Waals surface area (Å²) in [6.45, 7) is 3.32. The fourth-order valence-corrected chi connectivity index (χ4v) is 3.49. The Morgan fingerprint density at radius 1 is 1.07 bits per heavy atom. The molecule has 0 radical (unpaired) electrons. The highest BCUT2D eigenvalue weighted by atomic mass is 19.1. The van der Waals surface area contributed by atoms with Gasteiger partial charge in [-0.15, -0.1) is 0 Å². The van der Waals surface area contributed by atoms with Crippen molar-refractivity contribution in [1.29, 1.82) is 0 Å². The predicted octanol–water partition coefficient (Wildman–Crippen LogP) is 3.81. The molecule has 4 rings (SSSR count). The average Bonchev–Trinajstić information content (AvgIpc) is 3.41. The fraction of sp³-hybridized carbons (Fsp3) is 0.227. The van der Waals surface area contributed by atoms with Crippen molar-refractivity contribution < 1.29 is 14.0 Å². The highest BCUT2D eigenvalue weighted by Gasteiger charge is 2.24. The largest absolute Gasteiger partial charge is 0.339 e. The van der Waals surface area contributed by atoms with Gasteiger partial charge in [0.05, 0.1) is 16.9 Å². The van der Waals surface area contributed by atoms with E-state index < -0.39 is 5.91 Å². The number of aryl methyl sites for hydroxylation is 1. The fourth-order valence-electron chi connectivity index (χ4n) is 3.49. The number of benzene rings is 2. The summed E-state index contributed by atoms with van der Waals surface area (Å²) in [5.41, 5.74) is 2.47. The van der Waals surface area contributed by atoms with Gasteiger partial charge in [0, 0.05) is 19.3 Å². The van der Waals surface area contributed by atoms with Crippen molar-refractivity contribution in [3.63, 3.8) is 0 Å². The molecule has 0 bridgehead atoms. The summed E-state index contributed by atoms with van der Waals surface area (Å²) in [5.74, 6) is -0.884. The molecule has 1 saturated heterocycles. The summed E-state index contributed by atoms with van der Waals surface area (Å²) < 4.78 is 14.9. The van der Waals surface area contributed by atoms with Crippen LogP contribution in [0.5, 0.6) is 0 Å². The van der Waals surface area contributed by atoms with Crippen LogP contribution < -0.4 is 5.32 Å². The number of nitrogens with one attached hydrogen (secondary N) is 1. The minimum absolute atomic E-state index is 0.0770. The number of anilines is 1. The van der Waals surface area contributed by atoms with Crippen LogP contribution in [0.15, 0.2) is 54.7 Å². The van der Waals surface area contributed by atoms with Crippen LogP contribution in [-0.2, 0) is 0 Å². The van der Waals surface area contributed by atoms with Gasteiger partial charge in [0.25, 0.3) is 11.8 Å². The lowest BCUT2D eigenvalue weighted by atomic mass is 10.1. The predicted molar refractivity (Wildman–Crippen MR) is 108 cm³/mol. The van der Waals surface area contributed by atoms with Crippen LogP contribution in [0.1, 0.15) is 39.3 Å². The van der Waals surface area contributed by atoms with Gasteiger partial charge < -0.3 is 10.2 Å². The molecule has 2 aromatic carbocycles. The van der Waals surface area contributed by atoms with Crippen molar-refractivity contribution >= 4 is 17.5 Å². The number of carbonyl (C=O) groups is 2. The highest BCUT2D eigenvalue weighted by Crippen LogP contribution is 2.24. The molecule has 148 valence electrons. The molecule has 0 spiro atoms. The van der Waals surface area contributed by atoms with Crippen molar-refractivity contribution in [3.8, 4) is 5.69 Å². The van der Waals surface area contributed by atoms with Gasteiger partial charge >= 0.3 is 0 Å². The van der Waals surface area contributed by atoms with E-state index in [1.807, 2.05) is 24.0 Å². The maximum Gasteiger partial charge on any atom is 0.276 e. The van der Waals surface area contributed by atoms with Crippen LogP contribution >= 0.6 is 0 Å². The molecule has 2 amide bonds. The minimum Gasteiger partial charge on any atom is -0.339 e. The van der Waals surface area contributed by atoms with E-state index in [4.69, 9.17) is 0 Å². The Kier molecular flexibility index (Phi) is 5.12.